The van der Waals surface area contributed by atoms with Crippen LogP contribution >= 0.6 is 39.0 Å². The number of halogens is 2. The highest BCUT2D eigenvalue weighted by atomic mass is 79.9. The number of rotatable bonds is 6. The average molecular weight is 583 g/mol. The van der Waals surface area contributed by atoms with E-state index in [-0.39, 0.29) is 22.3 Å². The van der Waals surface area contributed by atoms with Crippen molar-refractivity contribution in [2.75, 3.05) is 4.90 Å². The molecule has 0 spiro atoms. The molecule has 2 aromatic carbocycles. The van der Waals surface area contributed by atoms with Gasteiger partial charge >= 0.3 is 5.91 Å². The maximum absolute atomic E-state index is 14.0. The Kier molecular flexibility index (Phi) is 6.95. The molecule has 11 heteroatoms. The Morgan fingerprint density at radius 1 is 1.08 bits per heavy atom. The standard InChI is InChI=1S/C25H16BrFN4O3S2/c26-17-9-7-14(8-10-17)21(32)19-20(15-5-3-11-28-12-15)31(23(34)22(19)33)24-29-30-25(36-24)35-13-16-4-1-2-6-18(16)27/h1-12,20,32H,13H2/b21-19-. The first-order valence-corrected chi connectivity index (χ1v) is 13.2. The molecule has 1 amide bonds. The van der Waals surface area contributed by atoms with Gasteiger partial charge in [0.05, 0.1) is 11.6 Å². The van der Waals surface area contributed by atoms with Gasteiger partial charge in [-0.25, -0.2) is 4.39 Å². The number of Topliss-reactive ketones (excluding diaryl/α,β-unsaturated/α-hetero) is 1. The van der Waals surface area contributed by atoms with Gasteiger partial charge in [-0.15, -0.1) is 10.2 Å². The predicted molar refractivity (Wildman–Crippen MR) is 139 cm³/mol. The molecular formula is C25H16BrFN4O3S2. The van der Waals surface area contributed by atoms with E-state index in [0.29, 0.717) is 26.8 Å². The number of pyridine rings is 1. The summed E-state index contributed by atoms with van der Waals surface area (Å²) in [5.74, 6) is -1.94. The molecule has 7 nitrogen and oxygen atoms in total. The molecule has 0 bridgehead atoms. The number of nitrogens with zero attached hydrogens (tertiary/aromatic N) is 4. The van der Waals surface area contributed by atoms with Crippen LogP contribution in [0.1, 0.15) is 22.7 Å². The van der Waals surface area contributed by atoms with Gasteiger partial charge in [0.15, 0.2) is 4.34 Å². The summed E-state index contributed by atoms with van der Waals surface area (Å²) >= 11 is 5.74. The molecule has 1 fully saturated rings. The maximum atomic E-state index is 14.0. The first-order chi connectivity index (χ1) is 17.4. The van der Waals surface area contributed by atoms with Crippen LogP contribution in [0.2, 0.25) is 0 Å². The number of amides is 1. The lowest BCUT2D eigenvalue weighted by Gasteiger charge is -2.22. The molecule has 1 N–H and O–H groups in total. The van der Waals surface area contributed by atoms with Gasteiger partial charge in [0, 0.05) is 28.2 Å². The summed E-state index contributed by atoms with van der Waals surface area (Å²) in [5.41, 5.74) is 1.38. The van der Waals surface area contributed by atoms with Gasteiger partial charge in [0.25, 0.3) is 5.78 Å². The predicted octanol–water partition coefficient (Wildman–Crippen LogP) is 5.75. The summed E-state index contributed by atoms with van der Waals surface area (Å²) in [4.78, 5) is 31.7. The Hall–Kier alpha value is -3.41. The van der Waals surface area contributed by atoms with Gasteiger partial charge in [-0.2, -0.15) is 0 Å². The third-order valence-corrected chi connectivity index (χ3v) is 8.11. The maximum Gasteiger partial charge on any atom is 0.301 e. The van der Waals surface area contributed by atoms with Crippen LogP contribution in [0.3, 0.4) is 0 Å². The van der Waals surface area contributed by atoms with Crippen LogP contribution in [0, 0.1) is 5.82 Å². The highest BCUT2D eigenvalue weighted by Crippen LogP contribution is 2.43. The summed E-state index contributed by atoms with van der Waals surface area (Å²) in [6, 6.07) is 15.7. The van der Waals surface area contributed by atoms with E-state index < -0.39 is 17.7 Å². The molecule has 1 aliphatic rings. The van der Waals surface area contributed by atoms with Crippen molar-refractivity contribution in [1.29, 1.82) is 0 Å². The minimum absolute atomic E-state index is 0.0638. The minimum atomic E-state index is -0.945. The molecule has 3 heterocycles. The number of aliphatic hydroxyl groups excluding tert-OH is 1. The van der Waals surface area contributed by atoms with Crippen LogP contribution < -0.4 is 4.90 Å². The van der Waals surface area contributed by atoms with E-state index >= 15 is 0 Å². The lowest BCUT2D eigenvalue weighted by Crippen LogP contribution is -2.29. The quantitative estimate of drug-likeness (QED) is 0.102. The molecular weight excluding hydrogens is 567 g/mol. The number of aromatic nitrogens is 3. The SMILES string of the molecule is O=C1C(=O)N(c2nnc(SCc3ccccc3F)s2)C(c2cccnc2)/C1=C(/O)c1ccc(Br)cc1. The van der Waals surface area contributed by atoms with Crippen LogP contribution in [0.5, 0.6) is 0 Å². The zero-order valence-electron chi connectivity index (χ0n) is 18.3. The Labute approximate surface area is 221 Å². The molecule has 180 valence electrons. The highest BCUT2D eigenvalue weighted by Gasteiger charge is 2.48. The van der Waals surface area contributed by atoms with Crippen LogP contribution in [0.15, 0.2) is 87.4 Å². The smallest absolute Gasteiger partial charge is 0.301 e. The Morgan fingerprint density at radius 3 is 2.58 bits per heavy atom. The largest absolute Gasteiger partial charge is 0.507 e. The van der Waals surface area contributed by atoms with Gasteiger partial charge < -0.3 is 5.11 Å². The van der Waals surface area contributed by atoms with E-state index in [0.717, 1.165) is 15.8 Å². The molecule has 5 rings (SSSR count). The van der Waals surface area contributed by atoms with Crippen molar-refractivity contribution in [3.05, 3.63) is 106 Å². The van der Waals surface area contributed by atoms with Crippen molar-refractivity contribution in [3.63, 3.8) is 0 Å². The van der Waals surface area contributed by atoms with Crippen LogP contribution in [0.4, 0.5) is 9.52 Å². The van der Waals surface area contributed by atoms with Gasteiger partial charge in [-0.3, -0.25) is 19.5 Å². The molecule has 4 aromatic rings. The number of aliphatic hydroxyl groups is 1. The average Bonchev–Trinajstić information content (AvgIpc) is 3.46. The van der Waals surface area contributed by atoms with E-state index in [2.05, 4.69) is 31.1 Å². The van der Waals surface area contributed by atoms with Crippen molar-refractivity contribution in [2.24, 2.45) is 0 Å². The van der Waals surface area contributed by atoms with Crippen molar-refractivity contribution < 1.29 is 19.1 Å². The lowest BCUT2D eigenvalue weighted by molar-refractivity contribution is -0.132. The second-order valence-corrected chi connectivity index (χ2v) is 10.8. The summed E-state index contributed by atoms with van der Waals surface area (Å²) in [6.45, 7) is 0. The molecule has 0 radical (unpaired) electrons. The monoisotopic (exact) mass is 582 g/mol. The number of carbonyl (C=O) groups excluding carboxylic acids is 2. The lowest BCUT2D eigenvalue weighted by atomic mass is 9.96. The number of carbonyl (C=O) groups is 2. The van der Waals surface area contributed by atoms with E-state index in [1.54, 1.807) is 60.8 Å². The normalized spacial score (nSPS) is 17.1. The van der Waals surface area contributed by atoms with Gasteiger partial charge in [-0.05, 0) is 35.4 Å². The number of benzene rings is 2. The Bertz CT molecular complexity index is 1480. The molecule has 0 aliphatic carbocycles. The molecule has 1 aliphatic heterocycles. The number of thioether (sulfide) groups is 1. The topological polar surface area (TPSA) is 96.3 Å². The van der Waals surface area contributed by atoms with Crippen LogP contribution in [0.25, 0.3) is 5.76 Å². The van der Waals surface area contributed by atoms with Crippen molar-refractivity contribution in [1.82, 2.24) is 15.2 Å². The van der Waals surface area contributed by atoms with E-state index in [4.69, 9.17) is 0 Å². The molecule has 1 unspecified atom stereocenters. The first-order valence-electron chi connectivity index (χ1n) is 10.6. The summed E-state index contributed by atoms with van der Waals surface area (Å²) in [7, 11) is 0. The molecule has 2 aromatic heterocycles. The van der Waals surface area contributed by atoms with Crippen LogP contribution in [-0.4, -0.2) is 32.0 Å². The van der Waals surface area contributed by atoms with E-state index in [9.17, 15) is 19.1 Å². The number of ketones is 1. The third-order valence-electron chi connectivity index (χ3n) is 5.47. The number of hydrogen-bond donors (Lipinski definition) is 1. The highest BCUT2D eigenvalue weighted by molar-refractivity contribution is 9.10. The number of anilines is 1. The number of hydrogen-bond acceptors (Lipinski definition) is 8. The minimum Gasteiger partial charge on any atom is -0.507 e. The van der Waals surface area contributed by atoms with Gasteiger partial charge in [-0.1, -0.05) is 75.4 Å². The van der Waals surface area contributed by atoms with Crippen molar-refractivity contribution >= 4 is 61.6 Å². The fourth-order valence-electron chi connectivity index (χ4n) is 3.76. The fraction of sp³-hybridized carbons (Fsp3) is 0.0800. The first kappa shape index (κ1) is 24.3. The molecule has 1 saturated heterocycles. The van der Waals surface area contributed by atoms with Gasteiger partial charge in [0.2, 0.25) is 5.13 Å². The summed E-state index contributed by atoms with van der Waals surface area (Å²) in [5, 5.41) is 19.6. The summed E-state index contributed by atoms with van der Waals surface area (Å²) in [6.07, 6.45) is 3.11. The Morgan fingerprint density at radius 2 is 1.86 bits per heavy atom. The molecule has 1 atom stereocenters. The second kappa shape index (κ2) is 10.3. The zero-order valence-corrected chi connectivity index (χ0v) is 21.6. The van der Waals surface area contributed by atoms with E-state index in [1.165, 1.54) is 28.9 Å². The molecule has 0 saturated carbocycles. The van der Waals surface area contributed by atoms with Crippen molar-refractivity contribution in [3.8, 4) is 0 Å². The molecule has 36 heavy (non-hydrogen) atoms. The fourth-order valence-corrected chi connectivity index (χ4v) is 5.88. The third kappa shape index (κ3) is 4.69. The Balaban J connectivity index is 1.53. The van der Waals surface area contributed by atoms with Crippen molar-refractivity contribution in [2.45, 2.75) is 16.1 Å². The van der Waals surface area contributed by atoms with Crippen LogP contribution in [-0.2, 0) is 15.3 Å². The van der Waals surface area contributed by atoms with E-state index in [1.807, 2.05) is 0 Å². The summed E-state index contributed by atoms with van der Waals surface area (Å²) < 4.78 is 15.3. The zero-order chi connectivity index (χ0) is 25.2. The van der Waals surface area contributed by atoms with Gasteiger partial charge in [0.1, 0.15) is 11.6 Å². The second-order valence-electron chi connectivity index (χ2n) is 7.69.